The first-order valence-corrected chi connectivity index (χ1v) is 6.69. The van der Waals surface area contributed by atoms with Gasteiger partial charge in [0.2, 0.25) is 0 Å². The molecule has 2 rings (SSSR count). The monoisotopic (exact) mass is 259 g/mol. The molecule has 1 N–H and O–H groups in total. The van der Waals surface area contributed by atoms with Gasteiger partial charge < -0.3 is 10.1 Å². The number of hydrogen-bond acceptors (Lipinski definition) is 4. The maximum Gasteiger partial charge on any atom is 0.121 e. The van der Waals surface area contributed by atoms with E-state index in [4.69, 9.17) is 10.00 Å². The summed E-state index contributed by atoms with van der Waals surface area (Å²) in [7, 11) is 1.70. The summed E-state index contributed by atoms with van der Waals surface area (Å²) in [4.78, 5) is 2.43. The standard InChI is InChI=1S/C15H21N3O/c1-12-9-13(3-4-15(12)19-2)10-18-8-5-14(11-18)17-7-6-16/h3-4,9,14,17H,5,7-8,10-11H2,1-2H3. The average molecular weight is 259 g/mol. The maximum absolute atomic E-state index is 8.57. The molecule has 0 bridgehead atoms. The van der Waals surface area contributed by atoms with Crippen LogP contribution in [0.2, 0.25) is 0 Å². The minimum atomic E-state index is 0.445. The number of nitrogens with one attached hydrogen (secondary N) is 1. The van der Waals surface area contributed by atoms with Crippen molar-refractivity contribution in [1.82, 2.24) is 10.2 Å². The van der Waals surface area contributed by atoms with Crippen LogP contribution < -0.4 is 10.1 Å². The third-order valence-corrected chi connectivity index (χ3v) is 3.61. The number of likely N-dealkylation sites (tertiary alicyclic amines) is 1. The fourth-order valence-corrected chi connectivity index (χ4v) is 2.63. The largest absolute Gasteiger partial charge is 0.496 e. The molecule has 0 radical (unpaired) electrons. The van der Waals surface area contributed by atoms with Gasteiger partial charge in [-0.1, -0.05) is 12.1 Å². The van der Waals surface area contributed by atoms with Crippen LogP contribution in [0.4, 0.5) is 0 Å². The first-order valence-electron chi connectivity index (χ1n) is 6.69. The number of aryl methyl sites for hydroxylation is 1. The fraction of sp³-hybridized carbons (Fsp3) is 0.533. The second-order valence-corrected chi connectivity index (χ2v) is 5.06. The topological polar surface area (TPSA) is 48.3 Å². The Morgan fingerprint density at radius 1 is 1.53 bits per heavy atom. The van der Waals surface area contributed by atoms with Crippen molar-refractivity contribution in [2.45, 2.75) is 25.9 Å². The van der Waals surface area contributed by atoms with Gasteiger partial charge in [0.25, 0.3) is 0 Å². The number of rotatable bonds is 5. The fourth-order valence-electron chi connectivity index (χ4n) is 2.63. The van der Waals surface area contributed by atoms with Crippen LogP contribution in [0.5, 0.6) is 5.75 Å². The Bertz CT molecular complexity index is 467. The molecule has 1 unspecified atom stereocenters. The molecule has 1 aliphatic rings. The van der Waals surface area contributed by atoms with Crippen LogP contribution >= 0.6 is 0 Å². The van der Waals surface area contributed by atoms with Crippen molar-refractivity contribution >= 4 is 0 Å². The van der Waals surface area contributed by atoms with Crippen molar-refractivity contribution < 1.29 is 4.74 Å². The van der Waals surface area contributed by atoms with Gasteiger partial charge >= 0.3 is 0 Å². The van der Waals surface area contributed by atoms with Crippen molar-refractivity contribution in [3.05, 3.63) is 29.3 Å². The van der Waals surface area contributed by atoms with Gasteiger partial charge in [-0.25, -0.2) is 0 Å². The summed E-state index contributed by atoms with van der Waals surface area (Å²) in [6.07, 6.45) is 1.12. The Balaban J connectivity index is 1.89. The first kappa shape index (κ1) is 13.9. The Kier molecular flexibility index (Phi) is 4.78. The van der Waals surface area contributed by atoms with E-state index >= 15 is 0 Å². The molecule has 4 heteroatoms. The highest BCUT2D eigenvalue weighted by Crippen LogP contribution is 2.20. The molecule has 0 aliphatic carbocycles. The van der Waals surface area contributed by atoms with E-state index in [0.717, 1.165) is 31.8 Å². The summed E-state index contributed by atoms with van der Waals surface area (Å²) >= 11 is 0. The van der Waals surface area contributed by atoms with Crippen molar-refractivity contribution in [2.75, 3.05) is 26.7 Å². The van der Waals surface area contributed by atoms with E-state index in [1.54, 1.807) is 7.11 Å². The Hall–Kier alpha value is -1.57. The molecule has 1 heterocycles. The summed E-state index contributed by atoms with van der Waals surface area (Å²) in [6, 6.07) is 8.94. The normalized spacial score (nSPS) is 19.3. The molecule has 4 nitrogen and oxygen atoms in total. The number of benzene rings is 1. The number of methoxy groups -OCH3 is 1. The minimum absolute atomic E-state index is 0.445. The molecular weight excluding hydrogens is 238 g/mol. The van der Waals surface area contributed by atoms with E-state index < -0.39 is 0 Å². The molecule has 1 aromatic carbocycles. The zero-order valence-corrected chi connectivity index (χ0v) is 11.6. The van der Waals surface area contributed by atoms with Gasteiger partial charge in [-0.15, -0.1) is 0 Å². The molecule has 1 aliphatic heterocycles. The van der Waals surface area contributed by atoms with Crippen LogP contribution in [0.15, 0.2) is 18.2 Å². The SMILES string of the molecule is COc1ccc(CN2CCC(NCC#N)C2)cc1C. The van der Waals surface area contributed by atoms with Crippen LogP contribution in [0.1, 0.15) is 17.5 Å². The van der Waals surface area contributed by atoms with Gasteiger partial charge in [-0.2, -0.15) is 5.26 Å². The van der Waals surface area contributed by atoms with Gasteiger partial charge in [-0.05, 0) is 30.5 Å². The summed E-state index contributed by atoms with van der Waals surface area (Å²) in [5.74, 6) is 0.943. The lowest BCUT2D eigenvalue weighted by atomic mass is 10.1. The Morgan fingerprint density at radius 2 is 2.37 bits per heavy atom. The van der Waals surface area contributed by atoms with E-state index in [9.17, 15) is 0 Å². The van der Waals surface area contributed by atoms with Crippen LogP contribution in [-0.4, -0.2) is 37.7 Å². The predicted octanol–water partition coefficient (Wildman–Crippen LogP) is 1.69. The molecule has 1 aromatic rings. The maximum atomic E-state index is 8.57. The summed E-state index contributed by atoms with van der Waals surface area (Å²) in [5.41, 5.74) is 2.50. The van der Waals surface area contributed by atoms with Gasteiger partial charge in [0.05, 0.1) is 19.7 Å². The molecule has 0 saturated carbocycles. The smallest absolute Gasteiger partial charge is 0.121 e. The van der Waals surface area contributed by atoms with Gasteiger partial charge in [0, 0.05) is 25.7 Å². The molecule has 1 atom stereocenters. The zero-order valence-electron chi connectivity index (χ0n) is 11.6. The van der Waals surface area contributed by atoms with E-state index in [-0.39, 0.29) is 0 Å². The van der Waals surface area contributed by atoms with Gasteiger partial charge in [0.1, 0.15) is 5.75 Å². The van der Waals surface area contributed by atoms with Crippen molar-refractivity contribution in [2.24, 2.45) is 0 Å². The number of hydrogen-bond donors (Lipinski definition) is 1. The van der Waals surface area contributed by atoms with Crippen molar-refractivity contribution in [3.8, 4) is 11.8 Å². The van der Waals surface area contributed by atoms with E-state index in [2.05, 4.69) is 35.3 Å². The summed E-state index contributed by atoms with van der Waals surface area (Å²) in [5, 5.41) is 11.8. The average Bonchev–Trinajstić information content (AvgIpc) is 2.84. The molecule has 102 valence electrons. The third kappa shape index (κ3) is 3.69. The second kappa shape index (κ2) is 6.55. The van der Waals surface area contributed by atoms with E-state index in [0.29, 0.717) is 12.6 Å². The Morgan fingerprint density at radius 3 is 3.05 bits per heavy atom. The van der Waals surface area contributed by atoms with E-state index in [1.807, 2.05) is 6.07 Å². The van der Waals surface area contributed by atoms with Crippen LogP contribution in [0.25, 0.3) is 0 Å². The highest BCUT2D eigenvalue weighted by molar-refractivity contribution is 5.36. The van der Waals surface area contributed by atoms with E-state index in [1.165, 1.54) is 11.1 Å². The molecule has 1 fully saturated rings. The second-order valence-electron chi connectivity index (χ2n) is 5.06. The van der Waals surface area contributed by atoms with Gasteiger partial charge in [-0.3, -0.25) is 4.90 Å². The lowest BCUT2D eigenvalue weighted by Crippen LogP contribution is -2.32. The lowest BCUT2D eigenvalue weighted by molar-refractivity contribution is 0.321. The number of nitrogens with zero attached hydrogens (tertiary/aromatic N) is 2. The zero-order chi connectivity index (χ0) is 13.7. The molecular formula is C15H21N3O. The number of nitriles is 1. The quantitative estimate of drug-likeness (QED) is 0.818. The molecule has 0 aromatic heterocycles. The summed E-state index contributed by atoms with van der Waals surface area (Å²) < 4.78 is 5.28. The Labute approximate surface area is 115 Å². The number of ether oxygens (including phenoxy) is 1. The molecule has 0 spiro atoms. The van der Waals surface area contributed by atoms with Crippen LogP contribution in [-0.2, 0) is 6.54 Å². The summed E-state index contributed by atoms with van der Waals surface area (Å²) in [6.45, 7) is 5.60. The lowest BCUT2D eigenvalue weighted by Gasteiger charge is -2.17. The highest BCUT2D eigenvalue weighted by atomic mass is 16.5. The van der Waals surface area contributed by atoms with Crippen LogP contribution in [0.3, 0.4) is 0 Å². The minimum Gasteiger partial charge on any atom is -0.496 e. The molecule has 19 heavy (non-hydrogen) atoms. The van der Waals surface area contributed by atoms with Crippen molar-refractivity contribution in [1.29, 1.82) is 5.26 Å². The van der Waals surface area contributed by atoms with Crippen LogP contribution in [0, 0.1) is 18.3 Å². The van der Waals surface area contributed by atoms with Gasteiger partial charge in [0.15, 0.2) is 0 Å². The highest BCUT2D eigenvalue weighted by Gasteiger charge is 2.21. The van der Waals surface area contributed by atoms with Crippen molar-refractivity contribution in [3.63, 3.8) is 0 Å². The first-order chi connectivity index (χ1) is 9.22. The predicted molar refractivity (Wildman–Crippen MR) is 75.0 cm³/mol. The third-order valence-electron chi connectivity index (χ3n) is 3.61. The molecule has 1 saturated heterocycles. The molecule has 0 amide bonds.